The quantitative estimate of drug-likeness (QED) is 0.479. The number of carbonyl (C=O) groups excluding carboxylic acids is 1. The second-order valence-corrected chi connectivity index (χ2v) is 3.65. The minimum Gasteiger partial charge on any atom is -0.545 e. The average Bonchev–Trinajstić information content (AvgIpc) is 2.04. The van der Waals surface area contributed by atoms with Gasteiger partial charge in [-0.2, -0.15) is 0 Å². The number of rotatable bonds is 2. The Morgan fingerprint density at radius 3 is 2.08 bits per heavy atom. The first-order valence-electron chi connectivity index (χ1n) is 3.26. The van der Waals surface area contributed by atoms with Crippen molar-refractivity contribution in [1.82, 2.24) is 0 Å². The van der Waals surface area contributed by atoms with Crippen LogP contribution >= 0.6 is 0 Å². The van der Waals surface area contributed by atoms with Crippen LogP contribution < -0.4 is 34.7 Å². The van der Waals surface area contributed by atoms with Crippen LogP contribution in [0.15, 0.2) is 29.2 Å². The summed E-state index contributed by atoms with van der Waals surface area (Å²) in [7, 11) is -1.06. The maximum absolute atomic E-state index is 10.9. The van der Waals surface area contributed by atoms with E-state index in [1.165, 1.54) is 30.5 Å². The second kappa shape index (κ2) is 5.54. The Labute approximate surface area is 101 Å². The molecule has 1 rings (SSSR count). The smallest absolute Gasteiger partial charge is 0.545 e. The van der Waals surface area contributed by atoms with Gasteiger partial charge in [0.15, 0.2) is 0 Å². The SMILES string of the molecule is CS(=O)c1ccc(C(=O)[O-])cc1.[Na+]. The molecule has 0 aliphatic heterocycles. The molecule has 5 heteroatoms. The summed E-state index contributed by atoms with van der Waals surface area (Å²) in [5.41, 5.74) is 0.101. The van der Waals surface area contributed by atoms with Crippen LogP contribution in [0.3, 0.4) is 0 Å². The van der Waals surface area contributed by atoms with Gasteiger partial charge in [-0.15, -0.1) is 0 Å². The van der Waals surface area contributed by atoms with Crippen molar-refractivity contribution in [1.29, 1.82) is 0 Å². The summed E-state index contributed by atoms with van der Waals surface area (Å²) >= 11 is 0. The zero-order valence-corrected chi connectivity index (χ0v) is 10.3. The van der Waals surface area contributed by atoms with Crippen molar-refractivity contribution in [3.63, 3.8) is 0 Å². The van der Waals surface area contributed by atoms with Gasteiger partial charge in [-0.1, -0.05) is 12.1 Å². The Bertz CT molecular complexity index is 288. The summed E-state index contributed by atoms with van der Waals surface area (Å²) < 4.78 is 10.9. The molecule has 0 heterocycles. The van der Waals surface area contributed by atoms with E-state index in [4.69, 9.17) is 0 Å². The fourth-order valence-corrected chi connectivity index (χ4v) is 1.30. The van der Waals surface area contributed by atoms with Gasteiger partial charge in [-0.05, 0) is 17.7 Å². The number of carbonyl (C=O) groups is 1. The molecule has 0 amide bonds. The molecular formula is C8H7NaO3S. The zero-order valence-electron chi connectivity index (χ0n) is 7.44. The first-order valence-corrected chi connectivity index (χ1v) is 4.82. The predicted octanol–water partition coefficient (Wildman–Crippen LogP) is -3.21. The predicted molar refractivity (Wildman–Crippen MR) is 43.1 cm³/mol. The molecule has 64 valence electrons. The Hall–Kier alpha value is -0.160. The van der Waals surface area contributed by atoms with Crippen molar-refractivity contribution in [3.05, 3.63) is 29.8 Å². The molecule has 0 radical (unpaired) electrons. The van der Waals surface area contributed by atoms with E-state index in [0.29, 0.717) is 4.90 Å². The van der Waals surface area contributed by atoms with Crippen molar-refractivity contribution in [2.75, 3.05) is 6.26 Å². The minimum atomic E-state index is -1.22. The summed E-state index contributed by atoms with van der Waals surface area (Å²) in [6.07, 6.45) is 1.54. The number of benzene rings is 1. The summed E-state index contributed by atoms with van der Waals surface area (Å²) in [4.78, 5) is 10.9. The molecule has 0 aromatic heterocycles. The number of carboxylic acids is 1. The van der Waals surface area contributed by atoms with Gasteiger partial charge < -0.3 is 9.90 Å². The molecule has 1 unspecified atom stereocenters. The van der Waals surface area contributed by atoms with Crippen LogP contribution in [0.2, 0.25) is 0 Å². The van der Waals surface area contributed by atoms with Crippen molar-refractivity contribution < 1.29 is 43.7 Å². The summed E-state index contributed by atoms with van der Waals surface area (Å²) in [5, 5.41) is 10.3. The number of hydrogen-bond acceptors (Lipinski definition) is 3. The molecule has 3 nitrogen and oxygen atoms in total. The number of hydrogen-bond donors (Lipinski definition) is 0. The van der Waals surface area contributed by atoms with Gasteiger partial charge in [0, 0.05) is 22.0 Å². The minimum absolute atomic E-state index is 0. The Balaban J connectivity index is 0.00000144. The van der Waals surface area contributed by atoms with Crippen LogP contribution in [-0.2, 0) is 10.8 Å². The van der Waals surface area contributed by atoms with Crippen molar-refractivity contribution in [3.8, 4) is 0 Å². The van der Waals surface area contributed by atoms with Gasteiger partial charge in [0.1, 0.15) is 0 Å². The van der Waals surface area contributed by atoms with Crippen molar-refractivity contribution >= 4 is 16.8 Å². The normalized spacial score (nSPS) is 11.5. The third-order valence-electron chi connectivity index (χ3n) is 1.42. The van der Waals surface area contributed by atoms with E-state index in [9.17, 15) is 14.1 Å². The van der Waals surface area contributed by atoms with Gasteiger partial charge in [-0.3, -0.25) is 4.21 Å². The molecule has 0 aliphatic carbocycles. The molecule has 1 aromatic carbocycles. The monoisotopic (exact) mass is 206 g/mol. The summed E-state index contributed by atoms with van der Waals surface area (Å²) in [6.45, 7) is 0. The van der Waals surface area contributed by atoms with Crippen LogP contribution in [0.4, 0.5) is 0 Å². The molecule has 0 bridgehead atoms. The van der Waals surface area contributed by atoms with Crippen LogP contribution in [0.25, 0.3) is 0 Å². The molecule has 1 aromatic rings. The molecular weight excluding hydrogens is 199 g/mol. The third-order valence-corrected chi connectivity index (χ3v) is 2.36. The fraction of sp³-hybridized carbons (Fsp3) is 0.125. The Kier molecular flexibility index (Phi) is 5.48. The summed E-state index contributed by atoms with van der Waals surface area (Å²) in [6, 6.07) is 5.79. The van der Waals surface area contributed by atoms with Gasteiger partial charge in [0.2, 0.25) is 0 Å². The molecule has 13 heavy (non-hydrogen) atoms. The zero-order chi connectivity index (χ0) is 9.14. The standard InChI is InChI=1S/C8H8O3S.Na/c1-12(11)7-4-2-6(3-5-7)8(9)10;/h2-5H,1H3,(H,9,10);/q;+1/p-1. The third kappa shape index (κ3) is 3.60. The van der Waals surface area contributed by atoms with Gasteiger partial charge >= 0.3 is 29.6 Å². The number of aromatic carboxylic acids is 1. The van der Waals surface area contributed by atoms with Crippen LogP contribution in [0, 0.1) is 0 Å². The Morgan fingerprint density at radius 1 is 1.31 bits per heavy atom. The number of carboxylic acid groups (broad SMARTS) is 1. The molecule has 0 N–H and O–H groups in total. The van der Waals surface area contributed by atoms with Crippen LogP contribution in [-0.4, -0.2) is 16.4 Å². The maximum Gasteiger partial charge on any atom is 1.00 e. The van der Waals surface area contributed by atoms with E-state index in [-0.39, 0.29) is 35.1 Å². The molecule has 0 spiro atoms. The van der Waals surface area contributed by atoms with Crippen molar-refractivity contribution in [2.45, 2.75) is 4.90 Å². The van der Waals surface area contributed by atoms with Crippen LogP contribution in [0.5, 0.6) is 0 Å². The largest absolute Gasteiger partial charge is 1.00 e. The fourth-order valence-electron chi connectivity index (χ4n) is 0.783. The van der Waals surface area contributed by atoms with Crippen molar-refractivity contribution in [2.24, 2.45) is 0 Å². The molecule has 0 aliphatic rings. The van der Waals surface area contributed by atoms with Crippen LogP contribution in [0.1, 0.15) is 10.4 Å². The van der Waals surface area contributed by atoms with Gasteiger partial charge in [0.25, 0.3) is 0 Å². The molecule has 0 saturated carbocycles. The van der Waals surface area contributed by atoms with E-state index in [1.54, 1.807) is 0 Å². The topological polar surface area (TPSA) is 57.2 Å². The van der Waals surface area contributed by atoms with E-state index < -0.39 is 16.8 Å². The maximum atomic E-state index is 10.9. The summed E-state index contributed by atoms with van der Waals surface area (Å²) in [5.74, 6) is -1.22. The average molecular weight is 206 g/mol. The molecule has 0 fully saturated rings. The van der Waals surface area contributed by atoms with E-state index in [1.807, 2.05) is 0 Å². The van der Waals surface area contributed by atoms with E-state index in [2.05, 4.69) is 0 Å². The first kappa shape index (κ1) is 12.8. The Morgan fingerprint density at radius 2 is 1.77 bits per heavy atom. The molecule has 1 atom stereocenters. The molecule has 0 saturated heterocycles. The van der Waals surface area contributed by atoms with E-state index >= 15 is 0 Å². The first-order chi connectivity index (χ1) is 5.61. The van der Waals surface area contributed by atoms with Gasteiger partial charge in [0.05, 0.1) is 5.97 Å². The second-order valence-electron chi connectivity index (χ2n) is 2.27. The van der Waals surface area contributed by atoms with E-state index in [0.717, 1.165) is 0 Å². The van der Waals surface area contributed by atoms with Gasteiger partial charge in [-0.25, -0.2) is 0 Å².